The Balaban J connectivity index is 1.50. The largest absolute Gasteiger partial charge is 0.330 e. The summed E-state index contributed by atoms with van der Waals surface area (Å²) in [7, 11) is 0. The van der Waals surface area contributed by atoms with Gasteiger partial charge in [-0.05, 0) is 62.9 Å². The number of nitrogens with two attached hydrogens (primary N) is 1. The number of piperidine rings is 1. The van der Waals surface area contributed by atoms with E-state index in [2.05, 4.69) is 4.90 Å². The van der Waals surface area contributed by atoms with Gasteiger partial charge in [-0.15, -0.1) is 0 Å². The van der Waals surface area contributed by atoms with Crippen LogP contribution in [0.4, 0.5) is 0 Å². The molecule has 3 aliphatic rings. The van der Waals surface area contributed by atoms with Gasteiger partial charge in [-0.25, -0.2) is 0 Å². The first-order chi connectivity index (χ1) is 7.31. The first-order valence-electron chi connectivity index (χ1n) is 6.75. The molecule has 1 saturated heterocycles. The van der Waals surface area contributed by atoms with Crippen molar-refractivity contribution in [1.29, 1.82) is 0 Å². The number of likely N-dealkylation sites (tertiary alicyclic amines) is 1. The van der Waals surface area contributed by atoms with E-state index in [1.165, 1.54) is 58.0 Å². The Labute approximate surface area is 93.2 Å². The van der Waals surface area contributed by atoms with E-state index in [4.69, 9.17) is 5.73 Å². The normalized spacial score (nSPS) is 38.2. The molecule has 0 spiro atoms. The molecule has 2 heteroatoms. The molecule has 0 amide bonds. The van der Waals surface area contributed by atoms with Crippen LogP contribution in [-0.2, 0) is 0 Å². The van der Waals surface area contributed by atoms with Gasteiger partial charge >= 0.3 is 0 Å². The monoisotopic (exact) mass is 208 g/mol. The van der Waals surface area contributed by atoms with Gasteiger partial charge in [0.2, 0.25) is 0 Å². The van der Waals surface area contributed by atoms with Crippen molar-refractivity contribution in [1.82, 2.24) is 4.90 Å². The second-order valence-corrected chi connectivity index (χ2v) is 6.14. The van der Waals surface area contributed by atoms with Crippen LogP contribution in [0.25, 0.3) is 0 Å². The van der Waals surface area contributed by atoms with Gasteiger partial charge in [0.15, 0.2) is 0 Å². The first-order valence-corrected chi connectivity index (χ1v) is 6.75. The Hall–Kier alpha value is -0.0800. The summed E-state index contributed by atoms with van der Waals surface area (Å²) in [4.78, 5) is 2.75. The van der Waals surface area contributed by atoms with Crippen molar-refractivity contribution in [2.24, 2.45) is 17.1 Å². The van der Waals surface area contributed by atoms with Crippen LogP contribution in [-0.4, -0.2) is 30.6 Å². The van der Waals surface area contributed by atoms with Crippen molar-refractivity contribution in [3.05, 3.63) is 0 Å². The van der Waals surface area contributed by atoms with Crippen LogP contribution in [0.15, 0.2) is 0 Å². The van der Waals surface area contributed by atoms with Crippen molar-refractivity contribution < 1.29 is 0 Å². The summed E-state index contributed by atoms with van der Waals surface area (Å²) in [5.74, 6) is 1.05. The third-order valence-corrected chi connectivity index (χ3v) is 5.30. The van der Waals surface area contributed by atoms with Gasteiger partial charge in [0.05, 0.1) is 0 Å². The van der Waals surface area contributed by atoms with Crippen molar-refractivity contribution in [3.8, 4) is 0 Å². The van der Waals surface area contributed by atoms with E-state index in [0.717, 1.165) is 18.5 Å². The lowest BCUT2D eigenvalue weighted by Gasteiger charge is -2.42. The highest BCUT2D eigenvalue weighted by molar-refractivity contribution is 4.94. The highest BCUT2D eigenvalue weighted by atomic mass is 15.2. The van der Waals surface area contributed by atoms with E-state index < -0.39 is 0 Å². The van der Waals surface area contributed by atoms with Crippen LogP contribution >= 0.6 is 0 Å². The maximum Gasteiger partial charge on any atom is 0.00986 e. The quantitative estimate of drug-likeness (QED) is 0.765. The van der Waals surface area contributed by atoms with Crippen LogP contribution in [0.2, 0.25) is 0 Å². The summed E-state index contributed by atoms with van der Waals surface area (Å²) in [5, 5.41) is 0. The number of fused-ring (bicyclic) bond motifs is 2. The molecule has 2 nitrogen and oxygen atoms in total. The van der Waals surface area contributed by atoms with Gasteiger partial charge in [-0.3, -0.25) is 0 Å². The minimum atomic E-state index is 0.557. The predicted octanol–water partition coefficient (Wildman–Crippen LogP) is 1.99. The first kappa shape index (κ1) is 10.1. The van der Waals surface area contributed by atoms with Crippen molar-refractivity contribution >= 4 is 0 Å². The Morgan fingerprint density at radius 1 is 1.27 bits per heavy atom. The minimum absolute atomic E-state index is 0.557. The molecule has 3 rings (SSSR count). The van der Waals surface area contributed by atoms with Crippen LogP contribution in [0, 0.1) is 11.3 Å². The van der Waals surface area contributed by atoms with Gasteiger partial charge in [0.1, 0.15) is 0 Å². The zero-order valence-electron chi connectivity index (χ0n) is 9.75. The summed E-state index contributed by atoms with van der Waals surface area (Å²) >= 11 is 0. The molecule has 15 heavy (non-hydrogen) atoms. The smallest absolute Gasteiger partial charge is 0.00986 e. The topological polar surface area (TPSA) is 29.3 Å². The van der Waals surface area contributed by atoms with E-state index in [9.17, 15) is 0 Å². The molecule has 0 aromatic rings. The molecular weight excluding hydrogens is 184 g/mol. The molecule has 2 bridgehead atoms. The van der Waals surface area contributed by atoms with Crippen LogP contribution in [0.1, 0.15) is 44.9 Å². The molecular formula is C13H24N2. The van der Waals surface area contributed by atoms with Gasteiger partial charge in [-0.2, -0.15) is 0 Å². The maximum atomic E-state index is 5.91. The number of nitrogens with zero attached hydrogens (tertiary/aromatic N) is 1. The Morgan fingerprint density at radius 3 is 2.60 bits per heavy atom. The van der Waals surface area contributed by atoms with Crippen LogP contribution in [0.3, 0.4) is 0 Å². The SMILES string of the molecule is NCC1(CCN2CC3CCC2C3)CCC1. The van der Waals surface area contributed by atoms with Crippen molar-refractivity contribution in [2.75, 3.05) is 19.6 Å². The Kier molecular flexibility index (Phi) is 2.52. The third-order valence-electron chi connectivity index (χ3n) is 5.30. The van der Waals surface area contributed by atoms with Crippen LogP contribution < -0.4 is 5.73 Å². The molecule has 0 aromatic carbocycles. The fourth-order valence-electron chi connectivity index (χ4n) is 3.91. The molecule has 1 heterocycles. The molecule has 2 atom stereocenters. The van der Waals surface area contributed by atoms with Gasteiger partial charge in [0.25, 0.3) is 0 Å². The fourth-order valence-corrected chi connectivity index (χ4v) is 3.91. The van der Waals surface area contributed by atoms with Crippen LogP contribution in [0.5, 0.6) is 0 Å². The Bertz CT molecular complexity index is 229. The Morgan fingerprint density at radius 2 is 2.13 bits per heavy atom. The van der Waals surface area contributed by atoms with Gasteiger partial charge < -0.3 is 10.6 Å². The lowest BCUT2D eigenvalue weighted by atomic mass is 9.66. The van der Waals surface area contributed by atoms with Crippen molar-refractivity contribution in [3.63, 3.8) is 0 Å². The molecule has 2 N–H and O–H groups in total. The second kappa shape index (κ2) is 3.74. The fraction of sp³-hybridized carbons (Fsp3) is 1.00. The highest BCUT2D eigenvalue weighted by Gasteiger charge is 2.40. The summed E-state index contributed by atoms with van der Waals surface area (Å²) in [6, 6.07) is 0.949. The number of hydrogen-bond donors (Lipinski definition) is 1. The van der Waals surface area contributed by atoms with E-state index in [1.54, 1.807) is 0 Å². The van der Waals surface area contributed by atoms with Gasteiger partial charge in [0, 0.05) is 12.6 Å². The summed E-state index contributed by atoms with van der Waals surface area (Å²) in [5.41, 5.74) is 6.47. The molecule has 2 unspecified atom stereocenters. The average molecular weight is 208 g/mol. The van der Waals surface area contributed by atoms with E-state index in [1.807, 2.05) is 0 Å². The molecule has 3 fully saturated rings. The number of hydrogen-bond acceptors (Lipinski definition) is 2. The molecule has 0 radical (unpaired) electrons. The van der Waals surface area contributed by atoms with E-state index in [-0.39, 0.29) is 0 Å². The number of rotatable bonds is 4. The summed E-state index contributed by atoms with van der Waals surface area (Å²) in [6.45, 7) is 3.65. The standard InChI is InChI=1S/C13H24N2/c14-10-13(4-1-5-13)6-7-15-9-11-2-3-12(15)8-11/h11-12H,1-10,14H2. The molecule has 1 aliphatic heterocycles. The maximum absolute atomic E-state index is 5.91. The molecule has 2 aliphatic carbocycles. The van der Waals surface area contributed by atoms with Gasteiger partial charge in [-0.1, -0.05) is 6.42 Å². The molecule has 0 aromatic heterocycles. The summed E-state index contributed by atoms with van der Waals surface area (Å²) in [6.07, 6.45) is 10.0. The van der Waals surface area contributed by atoms with E-state index >= 15 is 0 Å². The third kappa shape index (κ3) is 1.72. The molecule has 2 saturated carbocycles. The molecule has 86 valence electrons. The second-order valence-electron chi connectivity index (χ2n) is 6.14. The predicted molar refractivity (Wildman–Crippen MR) is 62.7 cm³/mol. The average Bonchev–Trinajstić information content (AvgIpc) is 2.78. The minimum Gasteiger partial charge on any atom is -0.330 e. The lowest BCUT2D eigenvalue weighted by molar-refractivity contribution is 0.0960. The van der Waals surface area contributed by atoms with E-state index in [0.29, 0.717) is 5.41 Å². The highest BCUT2D eigenvalue weighted by Crippen LogP contribution is 2.44. The van der Waals surface area contributed by atoms with Crippen molar-refractivity contribution in [2.45, 2.75) is 51.0 Å². The zero-order valence-corrected chi connectivity index (χ0v) is 9.75. The zero-order chi connectivity index (χ0) is 10.3. The lowest BCUT2D eigenvalue weighted by Crippen LogP contribution is -2.42. The summed E-state index contributed by atoms with van der Waals surface area (Å²) < 4.78 is 0.